The first-order chi connectivity index (χ1) is 18.2. The van der Waals surface area contributed by atoms with Gasteiger partial charge in [0.15, 0.2) is 5.75 Å². The van der Waals surface area contributed by atoms with Gasteiger partial charge in [-0.2, -0.15) is 0 Å². The van der Waals surface area contributed by atoms with Gasteiger partial charge in [0.05, 0.1) is 35.9 Å². The maximum atomic E-state index is 13.4. The van der Waals surface area contributed by atoms with Crippen molar-refractivity contribution in [2.24, 2.45) is 0 Å². The van der Waals surface area contributed by atoms with Crippen LogP contribution >= 0.6 is 23.2 Å². The zero-order valence-electron chi connectivity index (χ0n) is 21.5. The molecule has 3 aromatic carbocycles. The minimum atomic E-state index is -0.895. The highest BCUT2D eigenvalue weighted by Crippen LogP contribution is 2.44. The molecule has 0 radical (unpaired) electrons. The lowest BCUT2D eigenvalue weighted by Crippen LogP contribution is -2.29. The van der Waals surface area contributed by atoms with E-state index >= 15 is 0 Å². The molecule has 0 saturated carbocycles. The normalized spacial score (nSPS) is 16.6. The van der Waals surface area contributed by atoms with Crippen LogP contribution in [-0.4, -0.2) is 44.1 Å². The highest BCUT2D eigenvalue weighted by atomic mass is 35.5. The smallest absolute Gasteiger partial charge is 0.300 e. The molecular weight excluding hydrogens is 527 g/mol. The Morgan fingerprint density at radius 2 is 1.50 bits per heavy atom. The lowest BCUT2D eigenvalue weighted by molar-refractivity contribution is -0.132. The van der Waals surface area contributed by atoms with E-state index in [0.29, 0.717) is 17.0 Å². The Balaban J connectivity index is 1.91. The summed E-state index contributed by atoms with van der Waals surface area (Å²) in [5.74, 6) is -1.12. The fourth-order valence-electron chi connectivity index (χ4n) is 4.66. The number of ketones is 1. The van der Waals surface area contributed by atoms with Gasteiger partial charge in [-0.15, -0.1) is 0 Å². The number of benzene rings is 3. The van der Waals surface area contributed by atoms with Gasteiger partial charge >= 0.3 is 0 Å². The van der Waals surface area contributed by atoms with E-state index in [1.807, 2.05) is 24.3 Å². The van der Waals surface area contributed by atoms with Gasteiger partial charge in [-0.25, -0.2) is 0 Å². The van der Waals surface area contributed by atoms with Crippen molar-refractivity contribution in [2.75, 3.05) is 37.1 Å². The standard InChI is InChI=1S/C29H28Cl2N2O5/c1-5-32(6-2)19-9-7-17(8-10-19)25-24(26(34)18-15-22(30)28(38-4)23(31)16-18)27(35)29(36)33(25)20-11-13-21(37-3)14-12-20/h7-16,25,34H,5-6H2,1-4H3/b26-24+. The molecule has 9 heteroatoms. The van der Waals surface area contributed by atoms with E-state index < -0.39 is 17.7 Å². The molecule has 7 nitrogen and oxygen atoms in total. The van der Waals surface area contributed by atoms with Crippen LogP contribution in [0.25, 0.3) is 5.76 Å². The number of halogens is 2. The first kappa shape index (κ1) is 27.4. The summed E-state index contributed by atoms with van der Waals surface area (Å²) in [5.41, 5.74) is 2.27. The molecule has 0 aliphatic carbocycles. The fraction of sp³-hybridized carbons (Fsp3) is 0.241. The maximum Gasteiger partial charge on any atom is 0.300 e. The Morgan fingerprint density at radius 3 is 2.00 bits per heavy atom. The predicted octanol–water partition coefficient (Wildman–Crippen LogP) is 6.48. The summed E-state index contributed by atoms with van der Waals surface area (Å²) >= 11 is 12.6. The molecule has 0 bridgehead atoms. The second-order valence-corrected chi connectivity index (χ2v) is 9.42. The van der Waals surface area contributed by atoms with E-state index in [1.54, 1.807) is 31.4 Å². The lowest BCUT2D eigenvalue weighted by atomic mass is 9.94. The van der Waals surface area contributed by atoms with Crippen LogP contribution < -0.4 is 19.3 Å². The van der Waals surface area contributed by atoms with Crippen molar-refractivity contribution in [3.63, 3.8) is 0 Å². The molecule has 0 spiro atoms. The van der Waals surface area contributed by atoms with Crippen molar-refractivity contribution in [3.05, 3.63) is 87.4 Å². The lowest BCUT2D eigenvalue weighted by Gasteiger charge is -2.27. The molecule has 4 rings (SSSR count). The van der Waals surface area contributed by atoms with Crippen molar-refractivity contribution in [2.45, 2.75) is 19.9 Å². The largest absolute Gasteiger partial charge is 0.507 e. The van der Waals surface area contributed by atoms with Crippen LogP contribution in [0.3, 0.4) is 0 Å². The Labute approximate surface area is 231 Å². The number of amides is 1. The molecule has 3 aromatic rings. The van der Waals surface area contributed by atoms with E-state index in [0.717, 1.165) is 18.8 Å². The van der Waals surface area contributed by atoms with Crippen LogP contribution in [0, 0.1) is 0 Å². The summed E-state index contributed by atoms with van der Waals surface area (Å²) < 4.78 is 10.4. The monoisotopic (exact) mass is 554 g/mol. The molecule has 38 heavy (non-hydrogen) atoms. The van der Waals surface area contributed by atoms with Gasteiger partial charge in [0.1, 0.15) is 11.5 Å². The number of methoxy groups -OCH3 is 2. The Hall–Kier alpha value is -3.68. The number of aliphatic hydroxyl groups is 1. The average Bonchev–Trinajstić information content (AvgIpc) is 3.19. The average molecular weight is 555 g/mol. The molecule has 1 N–H and O–H groups in total. The van der Waals surface area contributed by atoms with E-state index in [2.05, 4.69) is 18.7 Å². The molecule has 1 fully saturated rings. The van der Waals surface area contributed by atoms with Gasteiger partial charge in [-0.1, -0.05) is 35.3 Å². The van der Waals surface area contributed by atoms with Crippen LogP contribution in [0.1, 0.15) is 31.0 Å². The highest BCUT2D eigenvalue weighted by molar-refractivity contribution is 6.51. The summed E-state index contributed by atoms with van der Waals surface area (Å²) in [6.07, 6.45) is 0. The number of anilines is 2. The number of aliphatic hydroxyl groups excluding tert-OH is 1. The minimum absolute atomic E-state index is 0.0706. The number of Topliss-reactive ketones (excluding diaryl/α,β-unsaturated/α-hetero) is 1. The quantitative estimate of drug-likeness (QED) is 0.195. The van der Waals surface area contributed by atoms with Crippen molar-refractivity contribution < 1.29 is 24.2 Å². The zero-order valence-corrected chi connectivity index (χ0v) is 23.0. The van der Waals surface area contributed by atoms with E-state index in [9.17, 15) is 14.7 Å². The summed E-state index contributed by atoms with van der Waals surface area (Å²) in [7, 11) is 2.97. The topological polar surface area (TPSA) is 79.3 Å². The summed E-state index contributed by atoms with van der Waals surface area (Å²) in [4.78, 5) is 30.4. The molecule has 1 aliphatic heterocycles. The summed E-state index contributed by atoms with van der Waals surface area (Å²) in [6, 6.07) is 16.4. The molecule has 0 aromatic heterocycles. The number of hydrogen-bond acceptors (Lipinski definition) is 6. The first-order valence-corrected chi connectivity index (χ1v) is 12.8. The third kappa shape index (κ3) is 4.91. The van der Waals surface area contributed by atoms with Gasteiger partial charge < -0.3 is 19.5 Å². The van der Waals surface area contributed by atoms with Gasteiger partial charge in [-0.05, 0) is 67.9 Å². The van der Waals surface area contributed by atoms with Gasteiger partial charge in [0.25, 0.3) is 11.7 Å². The number of ether oxygens (including phenoxy) is 2. The maximum absolute atomic E-state index is 13.4. The molecule has 1 atom stereocenters. The van der Waals surface area contributed by atoms with Crippen molar-refractivity contribution in [3.8, 4) is 11.5 Å². The summed E-state index contributed by atoms with van der Waals surface area (Å²) in [5, 5.41) is 11.7. The number of nitrogens with zero attached hydrogens (tertiary/aromatic N) is 2. The molecule has 198 valence electrons. The highest BCUT2D eigenvalue weighted by Gasteiger charge is 2.47. The van der Waals surface area contributed by atoms with E-state index in [1.165, 1.54) is 24.1 Å². The number of hydrogen-bond donors (Lipinski definition) is 1. The van der Waals surface area contributed by atoms with Crippen LogP contribution in [0.15, 0.2) is 66.2 Å². The van der Waals surface area contributed by atoms with Crippen LogP contribution in [0.2, 0.25) is 10.0 Å². The predicted molar refractivity (Wildman–Crippen MR) is 151 cm³/mol. The minimum Gasteiger partial charge on any atom is -0.507 e. The van der Waals surface area contributed by atoms with Crippen LogP contribution in [0.5, 0.6) is 11.5 Å². The molecule has 1 unspecified atom stereocenters. The Kier molecular flexibility index (Phi) is 8.19. The van der Waals surface area contributed by atoms with Crippen molar-refractivity contribution in [1.29, 1.82) is 0 Å². The summed E-state index contributed by atoms with van der Waals surface area (Å²) in [6.45, 7) is 5.81. The SMILES string of the molecule is CCN(CC)c1ccc(C2/C(=C(\O)c3cc(Cl)c(OC)c(Cl)c3)C(=O)C(=O)N2c2ccc(OC)cc2)cc1. The first-order valence-electron chi connectivity index (χ1n) is 12.1. The molecule has 1 amide bonds. The van der Waals surface area contributed by atoms with Crippen LogP contribution in [-0.2, 0) is 9.59 Å². The fourth-order valence-corrected chi connectivity index (χ4v) is 5.30. The molecular formula is C29H28Cl2N2O5. The second-order valence-electron chi connectivity index (χ2n) is 8.60. The third-order valence-electron chi connectivity index (χ3n) is 6.61. The van der Waals surface area contributed by atoms with E-state index in [-0.39, 0.29) is 32.7 Å². The zero-order chi connectivity index (χ0) is 27.6. The number of carbonyl (C=O) groups is 2. The van der Waals surface area contributed by atoms with Crippen molar-refractivity contribution in [1.82, 2.24) is 0 Å². The Morgan fingerprint density at radius 1 is 0.921 bits per heavy atom. The second kappa shape index (κ2) is 11.4. The van der Waals surface area contributed by atoms with E-state index in [4.69, 9.17) is 32.7 Å². The van der Waals surface area contributed by atoms with Crippen LogP contribution in [0.4, 0.5) is 11.4 Å². The molecule has 1 heterocycles. The molecule has 1 aliphatic rings. The van der Waals surface area contributed by atoms with Gasteiger partial charge in [0.2, 0.25) is 0 Å². The third-order valence-corrected chi connectivity index (χ3v) is 7.17. The Bertz CT molecular complexity index is 1360. The van der Waals surface area contributed by atoms with Gasteiger partial charge in [-0.3, -0.25) is 14.5 Å². The number of carbonyl (C=O) groups excluding carboxylic acids is 2. The van der Waals surface area contributed by atoms with Gasteiger partial charge in [0, 0.05) is 30.0 Å². The molecule has 1 saturated heterocycles. The number of rotatable bonds is 8. The van der Waals surface area contributed by atoms with Crippen molar-refractivity contribution >= 4 is 52.0 Å².